The summed E-state index contributed by atoms with van der Waals surface area (Å²) >= 11 is 0. The van der Waals surface area contributed by atoms with Gasteiger partial charge in [0.15, 0.2) is 11.5 Å². The Morgan fingerprint density at radius 3 is 1.84 bits per heavy atom. The maximum Gasteiger partial charge on any atom is 0.251 e. The van der Waals surface area contributed by atoms with E-state index in [0.717, 1.165) is 12.8 Å². The first-order valence-electron chi connectivity index (χ1n) is 11.8. The average molecular weight is 454 g/mol. The quantitative estimate of drug-likeness (QED) is 0.635. The Morgan fingerprint density at radius 2 is 1.25 bits per heavy atom. The molecule has 1 aromatic carbocycles. The summed E-state index contributed by atoms with van der Waals surface area (Å²) in [4.78, 5) is 12.5. The first-order chi connectivity index (χ1) is 15.8. The maximum absolute atomic E-state index is 12.5. The number of carbonyl (C=O) groups is 1. The van der Waals surface area contributed by atoms with E-state index in [0.29, 0.717) is 89.7 Å². The summed E-state index contributed by atoms with van der Waals surface area (Å²) in [7, 11) is 0. The molecule has 1 aliphatic heterocycles. The molecule has 1 N–H and O–H groups in total. The van der Waals surface area contributed by atoms with Crippen molar-refractivity contribution >= 4 is 5.91 Å². The molecule has 182 valence electrons. The van der Waals surface area contributed by atoms with Crippen molar-refractivity contribution in [1.29, 1.82) is 0 Å². The fraction of sp³-hybridized carbons (Fsp3) is 0.708. The van der Waals surface area contributed by atoms with Gasteiger partial charge in [-0.3, -0.25) is 4.79 Å². The van der Waals surface area contributed by atoms with Gasteiger partial charge in [0.05, 0.1) is 52.9 Å². The first-order valence-corrected chi connectivity index (χ1v) is 11.8. The van der Waals surface area contributed by atoms with E-state index < -0.39 is 0 Å². The molecule has 0 fully saturated rings. The second-order valence-corrected chi connectivity index (χ2v) is 7.48. The van der Waals surface area contributed by atoms with E-state index in [2.05, 4.69) is 12.2 Å². The molecule has 8 nitrogen and oxygen atoms in total. The second-order valence-electron chi connectivity index (χ2n) is 7.48. The van der Waals surface area contributed by atoms with Crippen LogP contribution in [0.3, 0.4) is 0 Å². The zero-order valence-electron chi connectivity index (χ0n) is 19.4. The summed E-state index contributed by atoms with van der Waals surface area (Å²) < 4.78 is 33.6. The van der Waals surface area contributed by atoms with Crippen molar-refractivity contribution in [1.82, 2.24) is 5.32 Å². The highest BCUT2D eigenvalue weighted by Crippen LogP contribution is 2.28. The normalized spacial score (nSPS) is 17.2. The number of nitrogens with one attached hydrogen (secondary N) is 1. The second kappa shape index (κ2) is 17.7. The number of fused-ring (bicyclic) bond motifs is 1. The summed E-state index contributed by atoms with van der Waals surface area (Å²) in [5.74, 6) is 0.985. The molecule has 0 aromatic heterocycles. The Bertz CT molecular complexity index is 626. The topological polar surface area (TPSA) is 84.5 Å². The summed E-state index contributed by atoms with van der Waals surface area (Å²) in [6.45, 7) is 7.48. The molecule has 1 aliphatic rings. The van der Waals surface area contributed by atoms with Gasteiger partial charge in [-0.25, -0.2) is 0 Å². The first kappa shape index (κ1) is 26.4. The Hall–Kier alpha value is -1.87. The monoisotopic (exact) mass is 453 g/mol. The number of benzene rings is 1. The van der Waals surface area contributed by atoms with Gasteiger partial charge in [0.2, 0.25) is 0 Å². The largest absolute Gasteiger partial charge is 0.487 e. The third kappa shape index (κ3) is 11.7. The minimum atomic E-state index is -0.108. The van der Waals surface area contributed by atoms with Crippen molar-refractivity contribution in [3.05, 3.63) is 23.8 Å². The van der Waals surface area contributed by atoms with Crippen LogP contribution in [0.5, 0.6) is 11.5 Å². The maximum atomic E-state index is 12.5. The fourth-order valence-electron chi connectivity index (χ4n) is 3.10. The number of unbranched alkanes of at least 4 members (excludes halogenated alkanes) is 4. The van der Waals surface area contributed by atoms with Crippen LogP contribution in [0.25, 0.3) is 0 Å². The molecule has 0 unspecified atom stereocenters. The molecule has 0 atom stereocenters. The van der Waals surface area contributed by atoms with Gasteiger partial charge < -0.3 is 33.7 Å². The summed E-state index contributed by atoms with van der Waals surface area (Å²) in [5, 5.41) is 2.98. The fourth-order valence-corrected chi connectivity index (χ4v) is 3.10. The summed E-state index contributed by atoms with van der Waals surface area (Å²) in [5.41, 5.74) is 0.547. The number of rotatable bonds is 7. The molecule has 1 aromatic rings. The molecular formula is C24H39NO7. The number of ether oxygens (including phenoxy) is 6. The van der Waals surface area contributed by atoms with Crippen LogP contribution in [0, 0.1) is 0 Å². The van der Waals surface area contributed by atoms with Gasteiger partial charge in [-0.1, -0.05) is 32.6 Å². The van der Waals surface area contributed by atoms with E-state index in [1.807, 2.05) is 0 Å². The average Bonchev–Trinajstić information content (AvgIpc) is 2.81. The van der Waals surface area contributed by atoms with Gasteiger partial charge in [-0.15, -0.1) is 0 Å². The van der Waals surface area contributed by atoms with E-state index in [9.17, 15) is 4.79 Å². The molecule has 2 rings (SSSR count). The predicted molar refractivity (Wildman–Crippen MR) is 122 cm³/mol. The molecule has 0 bridgehead atoms. The van der Waals surface area contributed by atoms with E-state index in [4.69, 9.17) is 28.4 Å². The lowest BCUT2D eigenvalue weighted by Gasteiger charge is -2.15. The van der Waals surface area contributed by atoms with Crippen LogP contribution in [-0.4, -0.2) is 78.5 Å². The minimum Gasteiger partial charge on any atom is -0.487 e. The number of carbonyl (C=O) groups excluding carboxylic acids is 1. The van der Waals surface area contributed by atoms with E-state index >= 15 is 0 Å². The zero-order valence-corrected chi connectivity index (χ0v) is 19.4. The Balaban J connectivity index is 1.88. The lowest BCUT2D eigenvalue weighted by molar-refractivity contribution is -0.00842. The van der Waals surface area contributed by atoms with Gasteiger partial charge in [0.1, 0.15) is 13.2 Å². The van der Waals surface area contributed by atoms with Crippen LogP contribution in [0.2, 0.25) is 0 Å². The Kier molecular flexibility index (Phi) is 14.6. The van der Waals surface area contributed by atoms with Crippen LogP contribution in [-0.2, 0) is 18.9 Å². The molecular weight excluding hydrogens is 414 g/mol. The van der Waals surface area contributed by atoms with Crippen LogP contribution < -0.4 is 14.8 Å². The van der Waals surface area contributed by atoms with Gasteiger partial charge in [-0.2, -0.15) is 0 Å². The van der Waals surface area contributed by atoms with Crippen LogP contribution in [0.1, 0.15) is 49.4 Å². The molecule has 0 radical (unpaired) electrons. The van der Waals surface area contributed by atoms with Crippen molar-refractivity contribution in [2.75, 3.05) is 72.6 Å². The molecule has 1 heterocycles. The van der Waals surface area contributed by atoms with E-state index in [-0.39, 0.29) is 5.91 Å². The SMILES string of the molecule is CCCCCCCNC(=O)c1ccc2c(c1)OCCOCCOCCOCCOCCO2. The molecule has 8 heteroatoms. The van der Waals surface area contributed by atoms with Crippen LogP contribution in [0.15, 0.2) is 18.2 Å². The highest BCUT2D eigenvalue weighted by atomic mass is 16.6. The zero-order chi connectivity index (χ0) is 22.7. The van der Waals surface area contributed by atoms with Crippen molar-refractivity contribution in [2.45, 2.75) is 39.0 Å². The lowest BCUT2D eigenvalue weighted by atomic mass is 10.1. The smallest absolute Gasteiger partial charge is 0.251 e. The minimum absolute atomic E-state index is 0.108. The van der Waals surface area contributed by atoms with Crippen molar-refractivity contribution in [3.8, 4) is 11.5 Å². The standard InChI is InChI=1S/C24H39NO7/c1-2-3-4-5-6-9-25-24(26)21-7-8-22-23(20-21)32-19-17-30-15-13-28-11-10-27-12-14-29-16-18-31-22/h7-8,20H,2-6,9-19H2,1H3,(H,25,26). The van der Waals surface area contributed by atoms with E-state index in [1.165, 1.54) is 19.3 Å². The van der Waals surface area contributed by atoms with Crippen LogP contribution >= 0.6 is 0 Å². The van der Waals surface area contributed by atoms with E-state index in [1.54, 1.807) is 18.2 Å². The third-order valence-electron chi connectivity index (χ3n) is 4.86. The molecule has 32 heavy (non-hydrogen) atoms. The molecule has 0 saturated heterocycles. The number of hydrogen-bond donors (Lipinski definition) is 1. The Labute approximate surface area is 191 Å². The molecule has 0 spiro atoms. The highest BCUT2D eigenvalue weighted by Gasteiger charge is 2.12. The number of hydrogen-bond acceptors (Lipinski definition) is 7. The third-order valence-corrected chi connectivity index (χ3v) is 4.86. The highest BCUT2D eigenvalue weighted by molar-refractivity contribution is 5.94. The molecule has 1 amide bonds. The van der Waals surface area contributed by atoms with Crippen molar-refractivity contribution < 1.29 is 33.2 Å². The molecule has 0 saturated carbocycles. The van der Waals surface area contributed by atoms with Gasteiger partial charge in [0, 0.05) is 12.1 Å². The van der Waals surface area contributed by atoms with Gasteiger partial charge in [-0.05, 0) is 24.6 Å². The van der Waals surface area contributed by atoms with Gasteiger partial charge in [0.25, 0.3) is 5.91 Å². The van der Waals surface area contributed by atoms with Crippen molar-refractivity contribution in [2.24, 2.45) is 0 Å². The summed E-state index contributed by atoms with van der Waals surface area (Å²) in [6, 6.07) is 5.24. The van der Waals surface area contributed by atoms with Crippen LogP contribution in [0.4, 0.5) is 0 Å². The van der Waals surface area contributed by atoms with Crippen molar-refractivity contribution in [3.63, 3.8) is 0 Å². The van der Waals surface area contributed by atoms with Gasteiger partial charge >= 0.3 is 0 Å². The summed E-state index contributed by atoms with van der Waals surface area (Å²) in [6.07, 6.45) is 5.78. The predicted octanol–water partition coefficient (Wildman–Crippen LogP) is 3.22. The Morgan fingerprint density at radius 1 is 0.719 bits per heavy atom. The number of amides is 1. The lowest BCUT2D eigenvalue weighted by Crippen LogP contribution is -2.24. The molecule has 0 aliphatic carbocycles.